The summed E-state index contributed by atoms with van der Waals surface area (Å²) in [5, 5.41) is 3.16. The molecule has 7 heteroatoms. The minimum atomic E-state index is -0.583. The largest absolute Gasteiger partial charge is 0.321 e. The summed E-state index contributed by atoms with van der Waals surface area (Å²) < 4.78 is 13.8. The van der Waals surface area contributed by atoms with E-state index in [1.54, 1.807) is 12.1 Å². The normalized spacial score (nSPS) is 10.6. The maximum Gasteiger partial charge on any atom is 0.261 e. The molecule has 0 radical (unpaired) electrons. The van der Waals surface area contributed by atoms with Gasteiger partial charge in [-0.3, -0.25) is 9.59 Å². The van der Waals surface area contributed by atoms with Gasteiger partial charge in [-0.05, 0) is 57.7 Å². The molecule has 0 saturated heterocycles. The van der Waals surface area contributed by atoms with Gasteiger partial charge in [0.2, 0.25) is 0 Å². The lowest BCUT2D eigenvalue weighted by atomic mass is 10.1. The molecule has 2 aromatic heterocycles. The highest BCUT2D eigenvalue weighted by molar-refractivity contribution is 9.10. The van der Waals surface area contributed by atoms with Crippen molar-refractivity contribution in [2.45, 2.75) is 0 Å². The van der Waals surface area contributed by atoms with Crippen molar-refractivity contribution in [3.05, 3.63) is 68.9 Å². The third kappa shape index (κ3) is 2.89. The summed E-state index contributed by atoms with van der Waals surface area (Å²) in [7, 11) is 0. The summed E-state index contributed by atoms with van der Waals surface area (Å²) in [6.45, 7) is 0. The highest BCUT2D eigenvalue weighted by atomic mass is 79.9. The van der Waals surface area contributed by atoms with E-state index in [1.165, 1.54) is 30.5 Å². The molecular weight excluding hydrogens is 353 g/mol. The number of H-pyrrole nitrogens is 1. The van der Waals surface area contributed by atoms with Gasteiger partial charge in [0, 0.05) is 0 Å². The van der Waals surface area contributed by atoms with Gasteiger partial charge in [0.1, 0.15) is 16.0 Å². The number of amides is 1. The van der Waals surface area contributed by atoms with Crippen molar-refractivity contribution >= 4 is 38.4 Å². The first kappa shape index (κ1) is 14.4. The summed E-state index contributed by atoms with van der Waals surface area (Å²) in [6, 6.07) is 8.72. The van der Waals surface area contributed by atoms with Crippen molar-refractivity contribution in [1.29, 1.82) is 0 Å². The molecule has 0 aliphatic rings. The molecule has 3 rings (SSSR count). The van der Waals surface area contributed by atoms with Crippen LogP contribution in [0.15, 0.2) is 52.0 Å². The fourth-order valence-corrected chi connectivity index (χ4v) is 2.22. The number of anilines is 1. The van der Waals surface area contributed by atoms with Crippen LogP contribution in [0.25, 0.3) is 10.9 Å². The third-order valence-corrected chi connectivity index (χ3v) is 3.51. The number of aromatic nitrogens is 2. The standard InChI is InChI=1S/C15H9BrFN3O2/c16-13-4-3-10(7-18-13)19-14(21)11-5-8-1-2-9(17)6-12(8)20-15(11)22/h1-7H,(H,19,21)(H,20,22). The van der Waals surface area contributed by atoms with Gasteiger partial charge in [0.15, 0.2) is 0 Å². The van der Waals surface area contributed by atoms with Crippen LogP contribution >= 0.6 is 15.9 Å². The van der Waals surface area contributed by atoms with E-state index in [2.05, 4.69) is 31.2 Å². The number of aromatic amines is 1. The Labute approximate surface area is 132 Å². The van der Waals surface area contributed by atoms with Crippen LogP contribution in [-0.4, -0.2) is 15.9 Å². The molecule has 0 atom stereocenters. The molecule has 0 fully saturated rings. The Balaban J connectivity index is 1.96. The molecule has 0 saturated carbocycles. The molecule has 0 unspecified atom stereocenters. The Morgan fingerprint density at radius 3 is 2.77 bits per heavy atom. The summed E-state index contributed by atoms with van der Waals surface area (Å²) in [4.78, 5) is 30.6. The lowest BCUT2D eigenvalue weighted by Crippen LogP contribution is -2.23. The first-order chi connectivity index (χ1) is 10.5. The zero-order valence-corrected chi connectivity index (χ0v) is 12.6. The zero-order valence-electron chi connectivity index (χ0n) is 11.1. The first-order valence-electron chi connectivity index (χ1n) is 6.28. The van der Waals surface area contributed by atoms with Crippen molar-refractivity contribution in [3.8, 4) is 0 Å². The first-order valence-corrected chi connectivity index (χ1v) is 7.08. The fraction of sp³-hybridized carbons (Fsp3) is 0. The molecule has 22 heavy (non-hydrogen) atoms. The Morgan fingerprint density at radius 2 is 2.05 bits per heavy atom. The Kier molecular flexibility index (Phi) is 3.72. The number of hydrogen-bond donors (Lipinski definition) is 2. The predicted molar refractivity (Wildman–Crippen MR) is 84.4 cm³/mol. The van der Waals surface area contributed by atoms with E-state index in [0.29, 0.717) is 21.2 Å². The van der Waals surface area contributed by atoms with Gasteiger partial charge >= 0.3 is 0 Å². The second kappa shape index (κ2) is 5.69. The number of benzene rings is 1. The summed E-state index contributed by atoms with van der Waals surface area (Å²) in [5.41, 5.74) is 0.168. The number of hydrogen-bond acceptors (Lipinski definition) is 3. The van der Waals surface area contributed by atoms with E-state index in [1.807, 2.05) is 0 Å². The Hall–Kier alpha value is -2.54. The van der Waals surface area contributed by atoms with E-state index >= 15 is 0 Å². The van der Waals surface area contributed by atoms with Crippen LogP contribution in [0.2, 0.25) is 0 Å². The molecule has 1 aromatic carbocycles. The van der Waals surface area contributed by atoms with Crippen LogP contribution < -0.4 is 10.9 Å². The topological polar surface area (TPSA) is 74.8 Å². The minimum Gasteiger partial charge on any atom is -0.321 e. The SMILES string of the molecule is O=C(Nc1ccc(Br)nc1)c1cc2ccc(F)cc2[nH]c1=O. The van der Waals surface area contributed by atoms with Gasteiger partial charge in [-0.1, -0.05) is 0 Å². The second-order valence-corrected chi connectivity index (χ2v) is 5.38. The minimum absolute atomic E-state index is 0.0537. The second-order valence-electron chi connectivity index (χ2n) is 4.57. The van der Waals surface area contributed by atoms with E-state index in [0.717, 1.165) is 0 Å². The molecule has 3 aromatic rings. The van der Waals surface area contributed by atoms with Crippen LogP contribution in [0.3, 0.4) is 0 Å². The molecule has 5 nitrogen and oxygen atoms in total. The zero-order chi connectivity index (χ0) is 15.7. The molecule has 2 heterocycles. The van der Waals surface area contributed by atoms with E-state index < -0.39 is 17.3 Å². The molecule has 0 aliphatic carbocycles. The van der Waals surface area contributed by atoms with Crippen LogP contribution in [0.1, 0.15) is 10.4 Å². The van der Waals surface area contributed by atoms with Crippen molar-refractivity contribution in [2.24, 2.45) is 0 Å². The summed E-state index contributed by atoms with van der Waals surface area (Å²) in [5.74, 6) is -1.02. The van der Waals surface area contributed by atoms with Crippen LogP contribution in [0, 0.1) is 5.82 Å². The van der Waals surface area contributed by atoms with Crippen LogP contribution in [-0.2, 0) is 0 Å². The van der Waals surface area contributed by atoms with Crippen molar-refractivity contribution < 1.29 is 9.18 Å². The van der Waals surface area contributed by atoms with E-state index in [4.69, 9.17) is 0 Å². The van der Waals surface area contributed by atoms with Crippen molar-refractivity contribution in [2.75, 3.05) is 5.32 Å². The number of carbonyl (C=O) groups excluding carboxylic acids is 1. The van der Waals surface area contributed by atoms with Crippen molar-refractivity contribution in [3.63, 3.8) is 0 Å². The lowest BCUT2D eigenvalue weighted by molar-refractivity contribution is 0.102. The summed E-state index contributed by atoms with van der Waals surface area (Å²) >= 11 is 3.19. The number of pyridine rings is 2. The molecule has 2 N–H and O–H groups in total. The average Bonchev–Trinajstić information content (AvgIpc) is 2.48. The van der Waals surface area contributed by atoms with Gasteiger partial charge in [0.25, 0.3) is 11.5 Å². The maximum atomic E-state index is 13.1. The molecule has 110 valence electrons. The average molecular weight is 362 g/mol. The van der Waals surface area contributed by atoms with Gasteiger partial charge < -0.3 is 10.3 Å². The van der Waals surface area contributed by atoms with Gasteiger partial charge in [-0.15, -0.1) is 0 Å². The number of carbonyl (C=O) groups is 1. The number of nitrogens with one attached hydrogen (secondary N) is 2. The fourth-order valence-electron chi connectivity index (χ4n) is 1.99. The molecule has 0 spiro atoms. The van der Waals surface area contributed by atoms with Gasteiger partial charge in [0.05, 0.1) is 17.4 Å². The number of nitrogens with zero attached hydrogens (tertiary/aromatic N) is 1. The molecule has 1 amide bonds. The smallest absolute Gasteiger partial charge is 0.261 e. The number of rotatable bonds is 2. The lowest BCUT2D eigenvalue weighted by Gasteiger charge is -2.06. The predicted octanol–water partition coefficient (Wildman–Crippen LogP) is 3.08. The Bertz CT molecular complexity index is 922. The highest BCUT2D eigenvalue weighted by Crippen LogP contribution is 2.14. The third-order valence-electron chi connectivity index (χ3n) is 3.04. The Morgan fingerprint density at radius 1 is 1.23 bits per heavy atom. The van der Waals surface area contributed by atoms with Gasteiger partial charge in [-0.2, -0.15) is 0 Å². The monoisotopic (exact) mass is 361 g/mol. The quantitative estimate of drug-likeness (QED) is 0.688. The highest BCUT2D eigenvalue weighted by Gasteiger charge is 2.12. The van der Waals surface area contributed by atoms with E-state index in [9.17, 15) is 14.0 Å². The van der Waals surface area contributed by atoms with Crippen molar-refractivity contribution in [1.82, 2.24) is 9.97 Å². The van der Waals surface area contributed by atoms with Crippen LogP contribution in [0.4, 0.5) is 10.1 Å². The maximum absolute atomic E-state index is 13.1. The number of halogens is 2. The molecule has 0 aliphatic heterocycles. The summed E-state index contributed by atoms with van der Waals surface area (Å²) in [6.07, 6.45) is 1.46. The van der Waals surface area contributed by atoms with E-state index in [-0.39, 0.29) is 5.56 Å². The molecule has 0 bridgehead atoms. The number of fused-ring (bicyclic) bond motifs is 1. The molecular formula is C15H9BrFN3O2. The van der Waals surface area contributed by atoms with Crippen LogP contribution in [0.5, 0.6) is 0 Å². The van der Waals surface area contributed by atoms with Gasteiger partial charge in [-0.25, -0.2) is 9.37 Å².